The number of aromatic nitrogens is 3. The summed E-state index contributed by atoms with van der Waals surface area (Å²) in [6.07, 6.45) is 2.52. The molecule has 0 spiro atoms. The number of para-hydroxylation sites is 3. The fourth-order valence-corrected chi connectivity index (χ4v) is 5.30. The standard InChI is InChI=1S/C33H27N5/c1-23-27(21-25-13-5-3-6-14-25)33(38-31-19-10-9-18-30(31)36-32(38)28(23)22-34)37(26-15-7-4-8-16-26)24(2)29-17-11-12-20-35-29/h3-20,24H,21H2,1-2H3. The third-order valence-electron chi connectivity index (χ3n) is 7.19. The lowest BCUT2D eigenvalue weighted by atomic mass is 9.96. The van der Waals surface area contributed by atoms with Crippen LogP contribution < -0.4 is 4.90 Å². The number of benzene rings is 3. The van der Waals surface area contributed by atoms with Crippen LogP contribution in [0.1, 0.15) is 40.9 Å². The predicted octanol–water partition coefficient (Wildman–Crippen LogP) is 7.55. The van der Waals surface area contributed by atoms with Crippen molar-refractivity contribution in [3.63, 3.8) is 0 Å². The summed E-state index contributed by atoms with van der Waals surface area (Å²) >= 11 is 0. The van der Waals surface area contributed by atoms with Gasteiger partial charge in [0.2, 0.25) is 0 Å². The minimum absolute atomic E-state index is 0.0928. The van der Waals surface area contributed by atoms with Crippen LogP contribution in [0.5, 0.6) is 0 Å². The molecule has 1 unspecified atom stereocenters. The highest BCUT2D eigenvalue weighted by Crippen LogP contribution is 2.41. The molecule has 3 aromatic carbocycles. The fourth-order valence-electron chi connectivity index (χ4n) is 5.30. The van der Waals surface area contributed by atoms with Gasteiger partial charge in [-0.05, 0) is 61.4 Å². The van der Waals surface area contributed by atoms with Gasteiger partial charge in [0.1, 0.15) is 11.9 Å². The molecule has 6 aromatic rings. The molecule has 0 N–H and O–H groups in total. The number of imidazole rings is 1. The second-order valence-corrected chi connectivity index (χ2v) is 9.47. The first-order valence-corrected chi connectivity index (χ1v) is 12.8. The molecule has 0 bridgehead atoms. The molecule has 0 aliphatic heterocycles. The number of hydrogen-bond acceptors (Lipinski definition) is 4. The van der Waals surface area contributed by atoms with Gasteiger partial charge in [-0.2, -0.15) is 5.26 Å². The quantitative estimate of drug-likeness (QED) is 0.240. The first kappa shape index (κ1) is 23.4. The van der Waals surface area contributed by atoms with Crippen molar-refractivity contribution >= 4 is 28.2 Å². The van der Waals surface area contributed by atoms with Crippen molar-refractivity contribution in [3.05, 3.63) is 137 Å². The summed E-state index contributed by atoms with van der Waals surface area (Å²) in [6, 6.07) is 37.4. The Hall–Kier alpha value is -4.95. The van der Waals surface area contributed by atoms with E-state index in [1.807, 2.05) is 55.6 Å². The molecular weight excluding hydrogens is 466 g/mol. The lowest BCUT2D eigenvalue weighted by molar-refractivity contribution is 0.727. The van der Waals surface area contributed by atoms with Crippen molar-refractivity contribution in [3.8, 4) is 6.07 Å². The second kappa shape index (κ2) is 9.84. The molecule has 38 heavy (non-hydrogen) atoms. The molecule has 5 heteroatoms. The summed E-state index contributed by atoms with van der Waals surface area (Å²) in [5.41, 5.74) is 8.34. The van der Waals surface area contributed by atoms with E-state index in [4.69, 9.17) is 9.97 Å². The number of rotatable bonds is 6. The third-order valence-corrected chi connectivity index (χ3v) is 7.19. The summed E-state index contributed by atoms with van der Waals surface area (Å²) in [7, 11) is 0. The van der Waals surface area contributed by atoms with Crippen molar-refractivity contribution in [2.45, 2.75) is 26.3 Å². The average Bonchev–Trinajstić information content (AvgIpc) is 3.35. The maximum atomic E-state index is 10.3. The minimum Gasteiger partial charge on any atom is -0.318 e. The Labute approximate surface area is 222 Å². The second-order valence-electron chi connectivity index (χ2n) is 9.47. The summed E-state index contributed by atoms with van der Waals surface area (Å²) in [4.78, 5) is 12.0. The van der Waals surface area contributed by atoms with Gasteiger partial charge >= 0.3 is 0 Å². The lowest BCUT2D eigenvalue weighted by Gasteiger charge is -2.34. The molecule has 3 aromatic heterocycles. The number of hydrogen-bond donors (Lipinski definition) is 0. The van der Waals surface area contributed by atoms with Crippen LogP contribution in [-0.2, 0) is 6.42 Å². The molecule has 6 rings (SSSR count). The van der Waals surface area contributed by atoms with Gasteiger partial charge in [0.15, 0.2) is 5.65 Å². The highest BCUT2D eigenvalue weighted by molar-refractivity contribution is 5.87. The van der Waals surface area contributed by atoms with E-state index in [0.717, 1.165) is 39.4 Å². The first-order valence-electron chi connectivity index (χ1n) is 12.8. The van der Waals surface area contributed by atoms with Crippen LogP contribution in [0.25, 0.3) is 16.7 Å². The van der Waals surface area contributed by atoms with Crippen molar-refractivity contribution < 1.29 is 0 Å². The Bertz CT molecular complexity index is 1770. The number of pyridine rings is 2. The Kier molecular flexibility index (Phi) is 6.07. The van der Waals surface area contributed by atoms with Gasteiger partial charge in [0.25, 0.3) is 0 Å². The molecule has 0 aliphatic rings. The zero-order chi connectivity index (χ0) is 26.1. The number of nitrogens with zero attached hydrogens (tertiary/aromatic N) is 5. The normalized spacial score (nSPS) is 11.9. The first-order chi connectivity index (χ1) is 18.7. The van der Waals surface area contributed by atoms with Gasteiger partial charge in [-0.15, -0.1) is 0 Å². The van der Waals surface area contributed by atoms with Crippen LogP contribution >= 0.6 is 0 Å². The summed E-state index contributed by atoms with van der Waals surface area (Å²) < 4.78 is 2.17. The smallest absolute Gasteiger partial charge is 0.157 e. The molecule has 0 radical (unpaired) electrons. The van der Waals surface area contributed by atoms with Gasteiger partial charge in [0, 0.05) is 23.9 Å². The Morgan fingerprint density at radius 1 is 0.868 bits per heavy atom. The van der Waals surface area contributed by atoms with E-state index < -0.39 is 0 Å². The maximum Gasteiger partial charge on any atom is 0.157 e. The van der Waals surface area contributed by atoms with E-state index in [-0.39, 0.29) is 6.04 Å². The van der Waals surface area contributed by atoms with Crippen LogP contribution in [0.15, 0.2) is 109 Å². The molecule has 0 saturated heterocycles. The molecule has 0 fully saturated rings. The number of nitriles is 1. The molecule has 184 valence electrons. The molecule has 0 saturated carbocycles. The third kappa shape index (κ3) is 3.97. The molecule has 0 aliphatic carbocycles. The van der Waals surface area contributed by atoms with Gasteiger partial charge in [-0.1, -0.05) is 66.7 Å². The van der Waals surface area contributed by atoms with E-state index in [9.17, 15) is 5.26 Å². The van der Waals surface area contributed by atoms with E-state index >= 15 is 0 Å². The van der Waals surface area contributed by atoms with E-state index in [0.29, 0.717) is 17.6 Å². The number of fused-ring (bicyclic) bond motifs is 3. The van der Waals surface area contributed by atoms with Crippen LogP contribution in [-0.4, -0.2) is 14.4 Å². The van der Waals surface area contributed by atoms with Crippen LogP contribution in [0.3, 0.4) is 0 Å². The topological polar surface area (TPSA) is 57.2 Å². The largest absolute Gasteiger partial charge is 0.318 e. The predicted molar refractivity (Wildman–Crippen MR) is 153 cm³/mol. The summed E-state index contributed by atoms with van der Waals surface area (Å²) in [5, 5.41) is 10.3. The van der Waals surface area contributed by atoms with Crippen molar-refractivity contribution in [1.29, 1.82) is 5.26 Å². The lowest BCUT2D eigenvalue weighted by Crippen LogP contribution is -2.26. The van der Waals surface area contributed by atoms with Gasteiger partial charge in [-0.25, -0.2) is 4.98 Å². The highest BCUT2D eigenvalue weighted by atomic mass is 15.3. The van der Waals surface area contributed by atoms with Crippen LogP contribution in [0.4, 0.5) is 11.5 Å². The van der Waals surface area contributed by atoms with Gasteiger partial charge < -0.3 is 4.90 Å². The van der Waals surface area contributed by atoms with Crippen molar-refractivity contribution in [2.75, 3.05) is 4.90 Å². The van der Waals surface area contributed by atoms with E-state index in [1.54, 1.807) is 0 Å². The SMILES string of the molecule is Cc1c(Cc2ccccc2)c(N(c2ccccc2)C(C)c2ccccn2)n2c(nc3ccccc32)c1C#N. The van der Waals surface area contributed by atoms with Crippen LogP contribution in [0.2, 0.25) is 0 Å². The fraction of sp³-hybridized carbons (Fsp3) is 0.121. The minimum atomic E-state index is -0.0928. The molecule has 3 heterocycles. The molecular formula is C33H27N5. The van der Waals surface area contributed by atoms with Gasteiger partial charge in [-0.3, -0.25) is 9.38 Å². The zero-order valence-corrected chi connectivity index (χ0v) is 21.4. The Balaban J connectivity index is 1.76. The molecule has 5 nitrogen and oxygen atoms in total. The van der Waals surface area contributed by atoms with E-state index in [1.165, 1.54) is 5.56 Å². The van der Waals surface area contributed by atoms with E-state index in [2.05, 4.69) is 83.0 Å². The zero-order valence-electron chi connectivity index (χ0n) is 21.4. The summed E-state index contributed by atoms with van der Waals surface area (Å²) in [5.74, 6) is 0.999. The van der Waals surface area contributed by atoms with Gasteiger partial charge in [0.05, 0.1) is 28.3 Å². The molecule has 1 atom stereocenters. The maximum absolute atomic E-state index is 10.3. The van der Waals surface area contributed by atoms with Crippen molar-refractivity contribution in [2.24, 2.45) is 0 Å². The molecule has 0 amide bonds. The monoisotopic (exact) mass is 493 g/mol. The summed E-state index contributed by atoms with van der Waals surface area (Å²) in [6.45, 7) is 4.23. The number of anilines is 2. The Morgan fingerprint density at radius 2 is 1.55 bits per heavy atom. The average molecular weight is 494 g/mol. The highest BCUT2D eigenvalue weighted by Gasteiger charge is 2.29. The Morgan fingerprint density at radius 3 is 2.26 bits per heavy atom. The van der Waals surface area contributed by atoms with Crippen molar-refractivity contribution in [1.82, 2.24) is 14.4 Å². The van der Waals surface area contributed by atoms with Crippen LogP contribution in [0, 0.1) is 18.3 Å².